The third-order valence-electron chi connectivity index (χ3n) is 5.31. The number of ether oxygens (including phenoxy) is 1. The molecule has 1 heterocycles. The van der Waals surface area contributed by atoms with Gasteiger partial charge >= 0.3 is 0 Å². The first-order valence-electron chi connectivity index (χ1n) is 9.49. The summed E-state index contributed by atoms with van der Waals surface area (Å²) >= 11 is 0. The highest BCUT2D eigenvalue weighted by Gasteiger charge is 2.40. The molecule has 0 saturated carbocycles. The maximum absolute atomic E-state index is 13.3. The Labute approximate surface area is 170 Å². The summed E-state index contributed by atoms with van der Waals surface area (Å²) in [6, 6.07) is 12.4. The first-order chi connectivity index (χ1) is 13.9. The number of carbonyl (C=O) groups excluding carboxylic acids is 2. The largest absolute Gasteiger partial charge is 0.394 e. The zero-order valence-corrected chi connectivity index (χ0v) is 16.9. The van der Waals surface area contributed by atoms with Crippen LogP contribution in [0.15, 0.2) is 66.5 Å². The van der Waals surface area contributed by atoms with E-state index in [1.54, 1.807) is 18.0 Å². The minimum Gasteiger partial charge on any atom is -0.394 e. The van der Waals surface area contributed by atoms with E-state index in [9.17, 15) is 14.7 Å². The molecule has 0 radical (unpaired) electrons. The average molecular weight is 394 g/mol. The quantitative estimate of drug-likeness (QED) is 0.754. The Morgan fingerprint density at radius 1 is 1.24 bits per heavy atom. The Balaban J connectivity index is 1.86. The highest BCUT2D eigenvalue weighted by atomic mass is 16.5. The Morgan fingerprint density at radius 2 is 1.97 bits per heavy atom. The van der Waals surface area contributed by atoms with Gasteiger partial charge in [-0.1, -0.05) is 42.5 Å². The molecule has 2 atom stereocenters. The van der Waals surface area contributed by atoms with E-state index in [1.807, 2.05) is 61.8 Å². The van der Waals surface area contributed by atoms with Crippen LogP contribution in [-0.2, 0) is 19.9 Å². The molecule has 0 aromatic heterocycles. The van der Waals surface area contributed by atoms with Crippen molar-refractivity contribution in [2.75, 3.05) is 20.8 Å². The number of aliphatic hydroxyl groups excluding tert-OH is 1. The Morgan fingerprint density at radius 3 is 2.62 bits per heavy atom. The lowest BCUT2D eigenvalue weighted by Gasteiger charge is -2.31. The molecule has 152 valence electrons. The van der Waals surface area contributed by atoms with Crippen LogP contribution in [0.25, 0.3) is 10.8 Å². The molecule has 1 aliphatic heterocycles. The van der Waals surface area contributed by atoms with Crippen molar-refractivity contribution in [1.82, 2.24) is 10.2 Å². The van der Waals surface area contributed by atoms with E-state index in [2.05, 4.69) is 5.32 Å². The van der Waals surface area contributed by atoms with Gasteiger partial charge in [0, 0.05) is 25.9 Å². The standard InChI is InChI=1S/C23H26N2O4/c1-23(29-3,19-11-10-16-7-4-5-8-17(16)13-19)21(27)20(15-26)24-22(28)18-9-6-12-25(2)14-18/h4-8,10-14,20,26H,9,15H2,1-3H3,(H,24,28). The van der Waals surface area contributed by atoms with Gasteiger partial charge < -0.3 is 20.1 Å². The highest BCUT2D eigenvalue weighted by molar-refractivity contribution is 6.00. The van der Waals surface area contributed by atoms with E-state index in [1.165, 1.54) is 7.11 Å². The van der Waals surface area contributed by atoms with Gasteiger partial charge in [0.15, 0.2) is 11.4 Å². The number of hydrogen-bond donors (Lipinski definition) is 2. The van der Waals surface area contributed by atoms with Gasteiger partial charge in [0.25, 0.3) is 0 Å². The maximum atomic E-state index is 13.3. The molecule has 2 aromatic rings. The molecule has 2 N–H and O–H groups in total. The van der Waals surface area contributed by atoms with E-state index in [0.717, 1.165) is 10.8 Å². The topological polar surface area (TPSA) is 78.9 Å². The Bertz CT molecular complexity index is 982. The lowest BCUT2D eigenvalue weighted by molar-refractivity contribution is -0.145. The molecule has 2 unspecified atom stereocenters. The molecule has 29 heavy (non-hydrogen) atoms. The summed E-state index contributed by atoms with van der Waals surface area (Å²) in [6.45, 7) is 1.14. The lowest BCUT2D eigenvalue weighted by atomic mass is 9.86. The summed E-state index contributed by atoms with van der Waals surface area (Å²) in [5.41, 5.74) is -0.135. The van der Waals surface area contributed by atoms with Crippen molar-refractivity contribution in [2.24, 2.45) is 0 Å². The van der Waals surface area contributed by atoms with Crippen LogP contribution in [0.2, 0.25) is 0 Å². The number of benzene rings is 2. The number of hydrogen-bond acceptors (Lipinski definition) is 5. The van der Waals surface area contributed by atoms with E-state index in [0.29, 0.717) is 17.6 Å². The third kappa shape index (κ3) is 4.23. The van der Waals surface area contributed by atoms with E-state index >= 15 is 0 Å². The summed E-state index contributed by atoms with van der Waals surface area (Å²) in [5.74, 6) is -0.794. The van der Waals surface area contributed by atoms with Crippen LogP contribution < -0.4 is 5.32 Å². The maximum Gasteiger partial charge on any atom is 0.249 e. The summed E-state index contributed by atoms with van der Waals surface area (Å²) < 4.78 is 5.62. The van der Waals surface area contributed by atoms with Crippen LogP contribution in [-0.4, -0.2) is 48.5 Å². The van der Waals surface area contributed by atoms with Crippen molar-refractivity contribution in [3.63, 3.8) is 0 Å². The number of fused-ring (bicyclic) bond motifs is 1. The fourth-order valence-corrected chi connectivity index (χ4v) is 3.46. The number of nitrogens with zero attached hydrogens (tertiary/aromatic N) is 1. The van der Waals surface area contributed by atoms with Gasteiger partial charge in [0.1, 0.15) is 6.04 Å². The second-order valence-corrected chi connectivity index (χ2v) is 7.28. The number of methoxy groups -OCH3 is 1. The van der Waals surface area contributed by atoms with E-state index in [4.69, 9.17) is 4.74 Å². The van der Waals surface area contributed by atoms with Gasteiger partial charge in [-0.3, -0.25) is 9.59 Å². The van der Waals surface area contributed by atoms with Gasteiger partial charge in [-0.2, -0.15) is 0 Å². The molecule has 0 fully saturated rings. The summed E-state index contributed by atoms with van der Waals surface area (Å²) in [5, 5.41) is 14.5. The van der Waals surface area contributed by atoms with Crippen molar-refractivity contribution in [1.29, 1.82) is 0 Å². The molecule has 0 saturated heterocycles. The van der Waals surface area contributed by atoms with E-state index in [-0.39, 0.29) is 5.91 Å². The average Bonchev–Trinajstić information content (AvgIpc) is 2.75. The second kappa shape index (κ2) is 8.59. The van der Waals surface area contributed by atoms with Gasteiger partial charge in [0.2, 0.25) is 5.91 Å². The minimum atomic E-state index is -1.32. The monoisotopic (exact) mass is 394 g/mol. The zero-order chi connectivity index (χ0) is 21.0. The Kier molecular flexibility index (Phi) is 6.15. The van der Waals surface area contributed by atoms with Crippen molar-refractivity contribution in [3.05, 3.63) is 72.1 Å². The number of nitrogens with one attached hydrogen (secondary N) is 1. The number of amides is 1. The highest BCUT2D eigenvalue weighted by Crippen LogP contribution is 2.30. The predicted molar refractivity (Wildman–Crippen MR) is 112 cm³/mol. The van der Waals surface area contributed by atoms with Crippen molar-refractivity contribution in [2.45, 2.75) is 25.0 Å². The van der Waals surface area contributed by atoms with Crippen LogP contribution in [0.3, 0.4) is 0 Å². The third-order valence-corrected chi connectivity index (χ3v) is 5.31. The summed E-state index contributed by atoms with van der Waals surface area (Å²) in [6.07, 6.45) is 5.88. The van der Waals surface area contributed by atoms with Crippen LogP contribution in [0.4, 0.5) is 0 Å². The Hall–Kier alpha value is -2.96. The first kappa shape index (κ1) is 20.8. The molecule has 0 spiro atoms. The number of carbonyl (C=O) groups is 2. The fraction of sp³-hybridized carbons (Fsp3) is 0.304. The molecule has 2 aromatic carbocycles. The van der Waals surface area contributed by atoms with Gasteiger partial charge in [0.05, 0.1) is 6.61 Å². The van der Waals surface area contributed by atoms with Gasteiger partial charge in [-0.15, -0.1) is 0 Å². The van der Waals surface area contributed by atoms with E-state index < -0.39 is 24.0 Å². The normalized spacial score (nSPS) is 16.8. The number of allylic oxidation sites excluding steroid dienone is 1. The molecule has 0 aliphatic carbocycles. The number of rotatable bonds is 7. The predicted octanol–water partition coefficient (Wildman–Crippen LogP) is 2.48. The first-order valence-corrected chi connectivity index (χ1v) is 9.49. The zero-order valence-electron chi connectivity index (χ0n) is 16.9. The van der Waals surface area contributed by atoms with Gasteiger partial charge in [-0.25, -0.2) is 0 Å². The molecule has 6 nitrogen and oxygen atoms in total. The molecule has 1 aliphatic rings. The number of ketones is 1. The van der Waals surface area contributed by atoms with Crippen LogP contribution in [0.5, 0.6) is 0 Å². The number of aliphatic hydroxyl groups is 1. The van der Waals surface area contributed by atoms with Crippen LogP contribution in [0.1, 0.15) is 18.9 Å². The molecule has 1 amide bonds. The lowest BCUT2D eigenvalue weighted by Crippen LogP contribution is -2.52. The molecular formula is C23H26N2O4. The smallest absolute Gasteiger partial charge is 0.249 e. The van der Waals surface area contributed by atoms with Crippen molar-refractivity contribution in [3.8, 4) is 0 Å². The van der Waals surface area contributed by atoms with Crippen molar-refractivity contribution < 1.29 is 19.4 Å². The molecular weight excluding hydrogens is 368 g/mol. The van der Waals surface area contributed by atoms with Crippen molar-refractivity contribution >= 4 is 22.5 Å². The second-order valence-electron chi connectivity index (χ2n) is 7.28. The number of Topliss-reactive ketones (excluding diaryl/α,β-unsaturated/α-hetero) is 1. The SMILES string of the molecule is COC(C)(C(=O)C(CO)NC(=O)C1=CN(C)C=CC1)c1ccc2ccccc2c1. The minimum absolute atomic E-state index is 0.384. The molecule has 6 heteroatoms. The molecule has 3 rings (SSSR count). The molecule has 0 bridgehead atoms. The summed E-state index contributed by atoms with van der Waals surface area (Å²) in [4.78, 5) is 27.7. The van der Waals surface area contributed by atoms with Crippen LogP contribution >= 0.6 is 0 Å². The van der Waals surface area contributed by atoms with Gasteiger partial charge in [-0.05, 0) is 41.9 Å². The fourth-order valence-electron chi connectivity index (χ4n) is 3.46. The summed E-state index contributed by atoms with van der Waals surface area (Å²) in [7, 11) is 3.27. The van der Waals surface area contributed by atoms with Crippen LogP contribution in [0, 0.1) is 0 Å².